The molecule has 0 saturated carbocycles. The van der Waals surface area contributed by atoms with Crippen LogP contribution in [0.2, 0.25) is 0 Å². The Kier molecular flexibility index (Phi) is 6.48. The molecule has 21 heavy (non-hydrogen) atoms. The Bertz CT molecular complexity index is 504. The maximum absolute atomic E-state index is 11.1. The van der Waals surface area contributed by atoms with Crippen LogP contribution in [-0.2, 0) is 19.4 Å². The summed E-state index contributed by atoms with van der Waals surface area (Å²) in [6.07, 6.45) is -0.351. The normalized spacial score (nSPS) is 11.4. The number of nitrogens with one attached hydrogen (secondary N) is 2. The highest BCUT2D eigenvalue weighted by atomic mass is 17.2. The van der Waals surface area contributed by atoms with E-state index in [0.717, 1.165) is 0 Å². The molecule has 116 valence electrons. The third kappa shape index (κ3) is 5.70. The van der Waals surface area contributed by atoms with Gasteiger partial charge in [-0.1, -0.05) is 6.92 Å². The number of carbonyl (C=O) groups is 2. The predicted molar refractivity (Wildman–Crippen MR) is 77.9 cm³/mol. The van der Waals surface area contributed by atoms with Gasteiger partial charge in [0.05, 0.1) is 12.8 Å². The van der Waals surface area contributed by atoms with Gasteiger partial charge in [0.25, 0.3) is 0 Å². The monoisotopic (exact) mass is 296 g/mol. The second kappa shape index (κ2) is 8.11. The maximum Gasteiger partial charge on any atom is 0.342 e. The lowest BCUT2D eigenvalue weighted by atomic mass is 10.2. The Balaban J connectivity index is 2.74. The quantitative estimate of drug-likeness (QED) is 0.456. The number of carbonyl (C=O) groups excluding carboxylic acids is 2. The zero-order chi connectivity index (χ0) is 15.8. The fraction of sp³-hybridized carbons (Fsp3) is 0.429. The van der Waals surface area contributed by atoms with Gasteiger partial charge >= 0.3 is 5.97 Å². The summed E-state index contributed by atoms with van der Waals surface area (Å²) < 4.78 is 5.21. The summed E-state index contributed by atoms with van der Waals surface area (Å²) in [5.41, 5.74) is 1.22. The molecule has 0 fully saturated rings. The highest BCUT2D eigenvalue weighted by Gasteiger charge is 2.11. The van der Waals surface area contributed by atoms with Crippen LogP contribution in [0.25, 0.3) is 0 Å². The number of hydrogen-bond donors (Lipinski definition) is 2. The van der Waals surface area contributed by atoms with E-state index in [4.69, 9.17) is 9.62 Å². The zero-order valence-electron chi connectivity index (χ0n) is 12.6. The predicted octanol–water partition coefficient (Wildman–Crippen LogP) is 2.30. The van der Waals surface area contributed by atoms with E-state index in [2.05, 4.69) is 15.5 Å². The Morgan fingerprint density at radius 1 is 1.33 bits per heavy atom. The molecular weight excluding hydrogens is 276 g/mol. The number of benzene rings is 1. The van der Waals surface area contributed by atoms with Crippen LogP contribution in [0.4, 0.5) is 11.4 Å². The molecular formula is C14H20N2O5. The van der Waals surface area contributed by atoms with Gasteiger partial charge in [-0.25, -0.2) is 4.79 Å². The van der Waals surface area contributed by atoms with Crippen molar-refractivity contribution in [3.8, 4) is 5.75 Å². The summed E-state index contributed by atoms with van der Waals surface area (Å²) in [6.45, 7) is 4.77. The first-order chi connectivity index (χ1) is 9.96. The van der Waals surface area contributed by atoms with Crippen LogP contribution in [0.15, 0.2) is 18.2 Å². The molecule has 0 bridgehead atoms. The maximum atomic E-state index is 11.1. The molecule has 1 aromatic carbocycles. The molecule has 1 amide bonds. The van der Waals surface area contributed by atoms with Crippen LogP contribution in [0.3, 0.4) is 0 Å². The third-order valence-electron chi connectivity index (χ3n) is 2.45. The minimum Gasteiger partial charge on any atom is -0.495 e. The molecule has 0 aromatic heterocycles. The van der Waals surface area contributed by atoms with E-state index >= 15 is 0 Å². The lowest BCUT2D eigenvalue weighted by molar-refractivity contribution is -0.289. The van der Waals surface area contributed by atoms with Crippen molar-refractivity contribution in [2.45, 2.75) is 33.4 Å². The second-order valence-electron chi connectivity index (χ2n) is 4.29. The summed E-state index contributed by atoms with van der Waals surface area (Å²) in [7, 11) is 1.53. The largest absolute Gasteiger partial charge is 0.495 e. The zero-order valence-corrected chi connectivity index (χ0v) is 12.6. The molecule has 0 aliphatic heterocycles. The molecule has 0 radical (unpaired) electrons. The molecule has 0 heterocycles. The number of amides is 1. The highest BCUT2D eigenvalue weighted by Crippen LogP contribution is 2.28. The van der Waals surface area contributed by atoms with Gasteiger partial charge in [-0.2, -0.15) is 4.89 Å². The fourth-order valence-electron chi connectivity index (χ4n) is 1.53. The van der Waals surface area contributed by atoms with Crippen LogP contribution in [0.5, 0.6) is 5.75 Å². The molecule has 0 saturated heterocycles. The molecule has 2 N–H and O–H groups in total. The lowest BCUT2D eigenvalue weighted by Crippen LogP contribution is -2.21. The van der Waals surface area contributed by atoms with E-state index in [1.165, 1.54) is 14.0 Å². The number of hydrogen-bond acceptors (Lipinski definition) is 6. The van der Waals surface area contributed by atoms with Crippen LogP contribution in [0.1, 0.15) is 27.2 Å². The van der Waals surface area contributed by atoms with Crippen LogP contribution in [-0.4, -0.2) is 25.2 Å². The van der Waals surface area contributed by atoms with Gasteiger partial charge in [0, 0.05) is 19.0 Å². The summed E-state index contributed by atoms with van der Waals surface area (Å²) >= 11 is 0. The Hall–Kier alpha value is -2.28. The number of methoxy groups -OCH3 is 1. The molecule has 0 spiro atoms. The first-order valence-electron chi connectivity index (χ1n) is 6.54. The summed E-state index contributed by atoms with van der Waals surface area (Å²) in [6, 6.07) is 5.12. The summed E-state index contributed by atoms with van der Waals surface area (Å²) in [5.74, 6) is -0.0590. The number of ether oxygens (including phenoxy) is 1. The van der Waals surface area contributed by atoms with E-state index in [1.807, 2.05) is 0 Å². The summed E-state index contributed by atoms with van der Waals surface area (Å²) in [4.78, 5) is 31.6. The van der Waals surface area contributed by atoms with E-state index in [9.17, 15) is 9.59 Å². The average molecular weight is 296 g/mol. The van der Waals surface area contributed by atoms with Gasteiger partial charge in [0.1, 0.15) is 5.75 Å². The second-order valence-corrected chi connectivity index (χ2v) is 4.29. The van der Waals surface area contributed by atoms with Crippen LogP contribution < -0.4 is 15.4 Å². The number of anilines is 2. The Morgan fingerprint density at radius 2 is 2.05 bits per heavy atom. The summed E-state index contributed by atoms with van der Waals surface area (Å²) in [5, 5.41) is 5.65. The molecule has 0 aliphatic carbocycles. The van der Waals surface area contributed by atoms with Crippen molar-refractivity contribution in [3.05, 3.63) is 18.2 Å². The molecule has 0 aliphatic rings. The minimum atomic E-state index is -0.582. The molecule has 7 heteroatoms. The molecule has 1 unspecified atom stereocenters. The van der Waals surface area contributed by atoms with Gasteiger partial charge < -0.3 is 15.4 Å². The van der Waals surface area contributed by atoms with Crippen molar-refractivity contribution in [3.63, 3.8) is 0 Å². The third-order valence-corrected chi connectivity index (χ3v) is 2.45. The lowest BCUT2D eigenvalue weighted by Gasteiger charge is -2.17. The molecule has 1 aromatic rings. The van der Waals surface area contributed by atoms with E-state index in [0.29, 0.717) is 17.1 Å². The Morgan fingerprint density at radius 3 is 2.62 bits per heavy atom. The molecule has 7 nitrogen and oxygen atoms in total. The smallest absolute Gasteiger partial charge is 0.342 e. The van der Waals surface area contributed by atoms with Crippen LogP contribution in [0, 0.1) is 0 Å². The van der Waals surface area contributed by atoms with Gasteiger partial charge in [0.15, 0.2) is 6.23 Å². The standard InChI is InChI=1S/C14H20N2O5/c1-5-14(18)21-20-10(3)16-12-8-11(15-9(2)17)6-7-13(12)19-4/h6-8,10,16H,5H2,1-4H3,(H,15,17). The van der Waals surface area contributed by atoms with Gasteiger partial charge in [-0.05, 0) is 25.1 Å². The highest BCUT2D eigenvalue weighted by molar-refractivity contribution is 5.89. The van der Waals surface area contributed by atoms with E-state index in [-0.39, 0.29) is 12.3 Å². The minimum absolute atomic E-state index is 0.174. The van der Waals surface area contributed by atoms with Gasteiger partial charge in [-0.15, -0.1) is 0 Å². The van der Waals surface area contributed by atoms with Gasteiger partial charge in [0.2, 0.25) is 5.91 Å². The van der Waals surface area contributed by atoms with Crippen molar-refractivity contribution in [1.82, 2.24) is 0 Å². The van der Waals surface area contributed by atoms with Gasteiger partial charge in [-0.3, -0.25) is 9.68 Å². The average Bonchev–Trinajstić information content (AvgIpc) is 2.44. The van der Waals surface area contributed by atoms with E-state index < -0.39 is 12.2 Å². The van der Waals surface area contributed by atoms with Crippen molar-refractivity contribution in [1.29, 1.82) is 0 Å². The van der Waals surface area contributed by atoms with Crippen molar-refractivity contribution in [2.75, 3.05) is 17.7 Å². The topological polar surface area (TPSA) is 85.9 Å². The SMILES string of the molecule is CCC(=O)OOC(C)Nc1cc(NC(C)=O)ccc1OC. The molecule has 1 atom stereocenters. The van der Waals surface area contributed by atoms with Crippen molar-refractivity contribution >= 4 is 23.3 Å². The van der Waals surface area contributed by atoms with E-state index in [1.54, 1.807) is 32.0 Å². The molecule has 1 rings (SSSR count). The van der Waals surface area contributed by atoms with Crippen molar-refractivity contribution in [2.24, 2.45) is 0 Å². The first-order valence-corrected chi connectivity index (χ1v) is 6.54. The first kappa shape index (κ1) is 16.8. The van der Waals surface area contributed by atoms with Crippen LogP contribution >= 0.6 is 0 Å². The Labute approximate surface area is 123 Å². The fourth-order valence-corrected chi connectivity index (χ4v) is 1.53. The van der Waals surface area contributed by atoms with Crippen molar-refractivity contribution < 1.29 is 24.1 Å². The number of rotatable bonds is 7.